The number of carbonyl (C=O) groups excluding carboxylic acids is 2. The van der Waals surface area contributed by atoms with E-state index in [1.807, 2.05) is 77.9 Å². The van der Waals surface area contributed by atoms with E-state index in [-0.39, 0.29) is 23.0 Å². The molecule has 1 aliphatic heterocycles. The number of aromatic nitrogens is 3. The van der Waals surface area contributed by atoms with Crippen LogP contribution in [-0.4, -0.2) is 56.5 Å². The van der Waals surface area contributed by atoms with Crippen LogP contribution in [-0.2, 0) is 14.3 Å². The number of rotatable bonds is 7. The summed E-state index contributed by atoms with van der Waals surface area (Å²) in [4.78, 5) is 27.0. The second-order valence-electron chi connectivity index (χ2n) is 8.10. The molecule has 7 nitrogen and oxygen atoms in total. The number of carbonyl (C=O) groups is 2. The molecule has 0 aliphatic carbocycles. The van der Waals surface area contributed by atoms with Crippen molar-refractivity contribution in [1.29, 1.82) is 0 Å². The van der Waals surface area contributed by atoms with Gasteiger partial charge in [0.25, 0.3) is 0 Å². The largest absolute Gasteiger partial charge is 0.466 e. The van der Waals surface area contributed by atoms with Gasteiger partial charge in [-0.15, -0.1) is 10.2 Å². The minimum atomic E-state index is -0.358. The number of esters is 1. The van der Waals surface area contributed by atoms with Crippen molar-refractivity contribution in [3.05, 3.63) is 59.6 Å². The summed E-state index contributed by atoms with van der Waals surface area (Å²) in [5, 5.41) is 9.79. The van der Waals surface area contributed by atoms with Crippen LogP contribution in [0.1, 0.15) is 26.7 Å². The monoisotopic (exact) mass is 498 g/mol. The Hall–Kier alpha value is -2.84. The van der Waals surface area contributed by atoms with Crippen molar-refractivity contribution in [2.75, 3.05) is 19.7 Å². The molecule has 34 heavy (non-hydrogen) atoms. The van der Waals surface area contributed by atoms with E-state index < -0.39 is 0 Å². The molecule has 4 rings (SSSR count). The van der Waals surface area contributed by atoms with Crippen molar-refractivity contribution in [2.24, 2.45) is 5.92 Å². The molecule has 0 spiro atoms. The van der Waals surface area contributed by atoms with Crippen molar-refractivity contribution in [2.45, 2.75) is 37.1 Å². The summed E-state index contributed by atoms with van der Waals surface area (Å²) >= 11 is 7.45. The lowest BCUT2D eigenvalue weighted by Gasteiger charge is -2.32. The minimum Gasteiger partial charge on any atom is -0.466 e. The molecule has 1 atom stereocenters. The Morgan fingerprint density at radius 1 is 1.09 bits per heavy atom. The lowest BCUT2D eigenvalue weighted by Crippen LogP contribution is -2.43. The summed E-state index contributed by atoms with van der Waals surface area (Å²) in [6.45, 7) is 5.17. The van der Waals surface area contributed by atoms with E-state index in [0.717, 1.165) is 11.3 Å². The number of thioether (sulfide) groups is 1. The summed E-state index contributed by atoms with van der Waals surface area (Å²) < 4.78 is 7.10. The standard InChI is InChI=1S/C25H27ClN4O3S/c1-3-33-24(32)19-13-15-29(16-14-19)23(31)17(2)34-25-28-27-22(18-9-11-20(26)12-10-18)30(25)21-7-5-4-6-8-21/h4-12,17,19H,3,13-16H2,1-2H3. The van der Waals surface area contributed by atoms with E-state index in [4.69, 9.17) is 16.3 Å². The Kier molecular flexibility index (Phi) is 7.90. The number of nitrogens with zero attached hydrogens (tertiary/aromatic N) is 4. The lowest BCUT2D eigenvalue weighted by molar-refractivity contribution is -0.151. The number of likely N-dealkylation sites (tertiary alicyclic amines) is 1. The van der Waals surface area contributed by atoms with Crippen molar-refractivity contribution in [3.8, 4) is 17.1 Å². The molecule has 1 unspecified atom stereocenters. The Morgan fingerprint density at radius 2 is 1.76 bits per heavy atom. The molecule has 9 heteroatoms. The first-order valence-corrected chi connectivity index (χ1v) is 12.6. The summed E-state index contributed by atoms with van der Waals surface area (Å²) in [6.07, 6.45) is 1.26. The molecular formula is C25H27ClN4O3S. The van der Waals surface area contributed by atoms with Crippen LogP contribution in [0, 0.1) is 5.92 Å². The Labute approximate surface area is 208 Å². The van der Waals surface area contributed by atoms with Crippen LogP contribution in [0.4, 0.5) is 0 Å². The molecule has 0 radical (unpaired) electrons. The molecule has 1 amide bonds. The predicted molar refractivity (Wildman–Crippen MR) is 133 cm³/mol. The second kappa shape index (κ2) is 11.1. The molecule has 2 aromatic carbocycles. The number of hydrogen-bond donors (Lipinski definition) is 0. The van der Waals surface area contributed by atoms with Gasteiger partial charge in [-0.2, -0.15) is 0 Å². The number of halogens is 1. The van der Waals surface area contributed by atoms with Gasteiger partial charge < -0.3 is 9.64 Å². The Bertz CT molecular complexity index is 1130. The highest BCUT2D eigenvalue weighted by atomic mass is 35.5. The van der Waals surface area contributed by atoms with Gasteiger partial charge in [0.05, 0.1) is 17.8 Å². The van der Waals surface area contributed by atoms with Gasteiger partial charge in [0, 0.05) is 29.4 Å². The van der Waals surface area contributed by atoms with E-state index in [1.54, 1.807) is 0 Å². The first-order valence-electron chi connectivity index (χ1n) is 11.4. The van der Waals surface area contributed by atoms with E-state index >= 15 is 0 Å². The fourth-order valence-electron chi connectivity index (χ4n) is 4.00. The summed E-state index contributed by atoms with van der Waals surface area (Å²) in [6, 6.07) is 17.3. The average Bonchev–Trinajstić information content (AvgIpc) is 3.28. The van der Waals surface area contributed by atoms with Gasteiger partial charge in [-0.05, 0) is 63.1 Å². The van der Waals surface area contributed by atoms with Crippen LogP contribution in [0.15, 0.2) is 59.8 Å². The molecule has 0 N–H and O–H groups in total. The third kappa shape index (κ3) is 5.45. The van der Waals surface area contributed by atoms with Gasteiger partial charge in [0.1, 0.15) is 0 Å². The molecule has 0 saturated carbocycles. The summed E-state index contributed by atoms with van der Waals surface area (Å²) in [5.41, 5.74) is 1.79. The predicted octanol–water partition coefficient (Wildman–Crippen LogP) is 4.87. The SMILES string of the molecule is CCOC(=O)C1CCN(C(=O)C(C)Sc2nnc(-c3ccc(Cl)cc3)n2-c2ccccc2)CC1. The van der Waals surface area contributed by atoms with Crippen LogP contribution in [0.2, 0.25) is 5.02 Å². The molecule has 1 aliphatic rings. The fraction of sp³-hybridized carbons (Fsp3) is 0.360. The van der Waals surface area contributed by atoms with Gasteiger partial charge in [0.2, 0.25) is 5.91 Å². The highest BCUT2D eigenvalue weighted by molar-refractivity contribution is 8.00. The maximum Gasteiger partial charge on any atom is 0.309 e. The number of amides is 1. The number of piperidine rings is 1. The molecule has 3 aromatic rings. The van der Waals surface area contributed by atoms with E-state index in [0.29, 0.717) is 48.5 Å². The zero-order chi connectivity index (χ0) is 24.1. The zero-order valence-electron chi connectivity index (χ0n) is 19.2. The zero-order valence-corrected chi connectivity index (χ0v) is 20.8. The van der Waals surface area contributed by atoms with Gasteiger partial charge in [-0.25, -0.2) is 0 Å². The number of hydrogen-bond acceptors (Lipinski definition) is 6. The molecule has 1 aromatic heterocycles. The first kappa shape index (κ1) is 24.3. The van der Waals surface area contributed by atoms with E-state index in [2.05, 4.69) is 10.2 Å². The highest BCUT2D eigenvalue weighted by Gasteiger charge is 2.31. The summed E-state index contributed by atoms with van der Waals surface area (Å²) in [7, 11) is 0. The van der Waals surface area contributed by atoms with Gasteiger partial charge in [-0.3, -0.25) is 14.2 Å². The quantitative estimate of drug-likeness (QED) is 0.341. The van der Waals surface area contributed by atoms with Crippen molar-refractivity contribution in [1.82, 2.24) is 19.7 Å². The van der Waals surface area contributed by atoms with Crippen LogP contribution in [0.25, 0.3) is 17.1 Å². The number of para-hydroxylation sites is 1. The molecule has 2 heterocycles. The van der Waals surface area contributed by atoms with Gasteiger partial charge >= 0.3 is 5.97 Å². The van der Waals surface area contributed by atoms with Crippen molar-refractivity contribution < 1.29 is 14.3 Å². The molecule has 0 bridgehead atoms. The van der Waals surface area contributed by atoms with E-state index in [9.17, 15) is 9.59 Å². The maximum atomic E-state index is 13.2. The van der Waals surface area contributed by atoms with Crippen LogP contribution in [0.3, 0.4) is 0 Å². The fourth-order valence-corrected chi connectivity index (χ4v) is 5.08. The highest BCUT2D eigenvalue weighted by Crippen LogP contribution is 2.32. The first-order chi connectivity index (χ1) is 16.5. The molecule has 1 fully saturated rings. The van der Waals surface area contributed by atoms with Crippen molar-refractivity contribution >= 4 is 35.2 Å². The normalized spacial score (nSPS) is 15.2. The molecule has 178 valence electrons. The Morgan fingerprint density at radius 3 is 2.41 bits per heavy atom. The number of ether oxygens (including phenoxy) is 1. The van der Waals surface area contributed by atoms with Crippen LogP contribution < -0.4 is 0 Å². The third-order valence-corrected chi connectivity index (χ3v) is 7.09. The second-order valence-corrected chi connectivity index (χ2v) is 9.84. The third-order valence-electron chi connectivity index (χ3n) is 5.81. The van der Waals surface area contributed by atoms with Crippen molar-refractivity contribution in [3.63, 3.8) is 0 Å². The smallest absolute Gasteiger partial charge is 0.309 e. The average molecular weight is 499 g/mol. The van der Waals surface area contributed by atoms with Crippen LogP contribution >= 0.6 is 23.4 Å². The van der Waals surface area contributed by atoms with Crippen LogP contribution in [0.5, 0.6) is 0 Å². The molecule has 1 saturated heterocycles. The topological polar surface area (TPSA) is 77.3 Å². The summed E-state index contributed by atoms with van der Waals surface area (Å²) in [5.74, 6) is 0.418. The Balaban J connectivity index is 1.52. The molecular weight excluding hydrogens is 472 g/mol. The van der Waals surface area contributed by atoms with E-state index in [1.165, 1.54) is 11.8 Å². The number of benzene rings is 2. The lowest BCUT2D eigenvalue weighted by atomic mass is 9.97. The minimum absolute atomic E-state index is 0.0305. The van der Waals surface area contributed by atoms with Gasteiger partial charge in [-0.1, -0.05) is 41.6 Å². The van der Waals surface area contributed by atoms with Gasteiger partial charge in [0.15, 0.2) is 11.0 Å². The maximum absolute atomic E-state index is 13.2.